The SMILES string of the molecule is Cc1[nH]nc(C(N)=O)c1NC(=O)[C@@H](C)SCc1ccccc1. The van der Waals surface area contributed by atoms with E-state index in [1.54, 1.807) is 6.92 Å². The quantitative estimate of drug-likeness (QED) is 0.759. The molecule has 1 atom stereocenters. The van der Waals surface area contributed by atoms with E-state index in [1.807, 2.05) is 37.3 Å². The fraction of sp³-hybridized carbons (Fsp3) is 0.267. The van der Waals surface area contributed by atoms with E-state index in [0.29, 0.717) is 11.4 Å². The number of benzene rings is 1. The molecule has 1 aromatic heterocycles. The summed E-state index contributed by atoms with van der Waals surface area (Å²) < 4.78 is 0. The van der Waals surface area contributed by atoms with Crippen LogP contribution in [0.3, 0.4) is 0 Å². The third kappa shape index (κ3) is 3.88. The number of hydrogen-bond donors (Lipinski definition) is 3. The Kier molecular flexibility index (Phi) is 5.21. The molecule has 0 spiro atoms. The predicted molar refractivity (Wildman–Crippen MR) is 87.7 cm³/mol. The Morgan fingerprint density at radius 2 is 2.05 bits per heavy atom. The molecule has 0 aliphatic carbocycles. The Balaban J connectivity index is 1.97. The summed E-state index contributed by atoms with van der Waals surface area (Å²) in [7, 11) is 0. The lowest BCUT2D eigenvalue weighted by atomic mass is 10.2. The number of primary amides is 1. The molecule has 0 saturated heterocycles. The van der Waals surface area contributed by atoms with Gasteiger partial charge in [-0.2, -0.15) is 5.10 Å². The van der Waals surface area contributed by atoms with Crippen molar-refractivity contribution in [3.05, 3.63) is 47.3 Å². The van der Waals surface area contributed by atoms with Gasteiger partial charge in [-0.05, 0) is 19.4 Å². The van der Waals surface area contributed by atoms with Gasteiger partial charge >= 0.3 is 0 Å². The standard InChI is InChI=1S/C15H18N4O2S/c1-9-12(13(14(16)20)19-18-9)17-15(21)10(2)22-8-11-6-4-3-5-7-11/h3-7,10H,8H2,1-2H3,(H2,16,20)(H,17,21)(H,18,19)/t10-/m1/s1. The van der Waals surface area contributed by atoms with Crippen molar-refractivity contribution < 1.29 is 9.59 Å². The number of amides is 2. The van der Waals surface area contributed by atoms with Gasteiger partial charge in [-0.15, -0.1) is 11.8 Å². The maximum absolute atomic E-state index is 12.2. The number of aromatic nitrogens is 2. The highest BCUT2D eigenvalue weighted by atomic mass is 32.2. The number of carbonyl (C=O) groups is 2. The van der Waals surface area contributed by atoms with Crippen LogP contribution in [0.1, 0.15) is 28.7 Å². The summed E-state index contributed by atoms with van der Waals surface area (Å²) >= 11 is 1.52. The van der Waals surface area contributed by atoms with Crippen molar-refractivity contribution in [3.63, 3.8) is 0 Å². The van der Waals surface area contributed by atoms with Crippen LogP contribution in [0.5, 0.6) is 0 Å². The number of aromatic amines is 1. The molecular weight excluding hydrogens is 300 g/mol. The van der Waals surface area contributed by atoms with Crippen LogP contribution >= 0.6 is 11.8 Å². The molecule has 2 aromatic rings. The molecule has 0 aliphatic heterocycles. The molecule has 0 fully saturated rings. The number of nitrogens with one attached hydrogen (secondary N) is 2. The molecule has 0 unspecified atom stereocenters. The fourth-order valence-corrected chi connectivity index (χ4v) is 2.70. The number of rotatable bonds is 6. The molecule has 0 aliphatic rings. The molecule has 6 nitrogen and oxygen atoms in total. The second kappa shape index (κ2) is 7.13. The molecule has 1 heterocycles. The lowest BCUT2D eigenvalue weighted by molar-refractivity contribution is -0.115. The number of hydrogen-bond acceptors (Lipinski definition) is 4. The van der Waals surface area contributed by atoms with Crippen molar-refractivity contribution >= 4 is 29.3 Å². The van der Waals surface area contributed by atoms with E-state index in [2.05, 4.69) is 15.5 Å². The van der Waals surface area contributed by atoms with Crippen molar-refractivity contribution in [2.75, 3.05) is 5.32 Å². The largest absolute Gasteiger partial charge is 0.364 e. The van der Waals surface area contributed by atoms with Crippen molar-refractivity contribution in [3.8, 4) is 0 Å². The van der Waals surface area contributed by atoms with Crippen LogP contribution in [0.25, 0.3) is 0 Å². The number of H-pyrrole nitrogens is 1. The molecule has 0 radical (unpaired) electrons. The second-order valence-corrected chi connectivity index (χ2v) is 6.19. The number of nitrogens with zero attached hydrogens (tertiary/aromatic N) is 1. The first-order chi connectivity index (χ1) is 10.5. The topological polar surface area (TPSA) is 101 Å². The number of thioether (sulfide) groups is 1. The molecular formula is C15H18N4O2S. The number of carbonyl (C=O) groups excluding carboxylic acids is 2. The minimum atomic E-state index is -0.677. The average Bonchev–Trinajstić information content (AvgIpc) is 2.87. The molecule has 22 heavy (non-hydrogen) atoms. The number of anilines is 1. The van der Waals surface area contributed by atoms with E-state index in [1.165, 1.54) is 11.8 Å². The van der Waals surface area contributed by atoms with Gasteiger partial charge in [0.15, 0.2) is 5.69 Å². The monoisotopic (exact) mass is 318 g/mol. The second-order valence-electron chi connectivity index (χ2n) is 4.86. The number of aryl methyl sites for hydroxylation is 1. The van der Waals surface area contributed by atoms with E-state index in [0.717, 1.165) is 11.3 Å². The van der Waals surface area contributed by atoms with Gasteiger partial charge in [-0.25, -0.2) is 0 Å². The summed E-state index contributed by atoms with van der Waals surface area (Å²) in [6.45, 7) is 3.54. The van der Waals surface area contributed by atoms with Gasteiger partial charge in [0.05, 0.1) is 16.6 Å². The summed E-state index contributed by atoms with van der Waals surface area (Å²) in [6, 6.07) is 9.92. The van der Waals surface area contributed by atoms with E-state index in [-0.39, 0.29) is 16.9 Å². The normalized spacial score (nSPS) is 11.9. The minimum Gasteiger partial charge on any atom is -0.364 e. The fourth-order valence-electron chi connectivity index (χ4n) is 1.86. The first-order valence-electron chi connectivity index (χ1n) is 6.80. The highest BCUT2D eigenvalue weighted by Gasteiger charge is 2.20. The van der Waals surface area contributed by atoms with Crippen molar-refractivity contribution in [1.29, 1.82) is 0 Å². The molecule has 2 rings (SSSR count). The molecule has 1 aromatic carbocycles. The zero-order chi connectivity index (χ0) is 16.1. The Morgan fingerprint density at radius 3 is 2.68 bits per heavy atom. The Hall–Kier alpha value is -2.28. The Morgan fingerprint density at radius 1 is 1.36 bits per heavy atom. The van der Waals surface area contributed by atoms with Gasteiger partial charge in [0.2, 0.25) is 5.91 Å². The van der Waals surface area contributed by atoms with Crippen LogP contribution in [0.15, 0.2) is 30.3 Å². The van der Waals surface area contributed by atoms with Crippen molar-refractivity contribution in [2.24, 2.45) is 5.73 Å². The Labute approximate surface area is 132 Å². The van der Waals surface area contributed by atoms with Gasteiger partial charge in [0.1, 0.15) is 0 Å². The van der Waals surface area contributed by atoms with Gasteiger partial charge in [0, 0.05) is 5.75 Å². The zero-order valence-electron chi connectivity index (χ0n) is 12.4. The third-order valence-corrected chi connectivity index (χ3v) is 4.35. The van der Waals surface area contributed by atoms with Crippen LogP contribution in [0, 0.1) is 6.92 Å². The van der Waals surface area contributed by atoms with Gasteiger partial charge in [-0.1, -0.05) is 30.3 Å². The molecule has 0 saturated carbocycles. The van der Waals surface area contributed by atoms with Gasteiger partial charge in [0.25, 0.3) is 5.91 Å². The smallest absolute Gasteiger partial charge is 0.271 e. The lowest BCUT2D eigenvalue weighted by Crippen LogP contribution is -2.24. The highest BCUT2D eigenvalue weighted by Crippen LogP contribution is 2.21. The van der Waals surface area contributed by atoms with E-state index >= 15 is 0 Å². The van der Waals surface area contributed by atoms with Crippen LogP contribution in [-0.4, -0.2) is 27.3 Å². The highest BCUT2D eigenvalue weighted by molar-refractivity contribution is 7.99. The summed E-state index contributed by atoms with van der Waals surface area (Å²) in [5.41, 5.74) is 7.39. The molecule has 4 N–H and O–H groups in total. The van der Waals surface area contributed by atoms with E-state index in [4.69, 9.17) is 5.73 Å². The van der Waals surface area contributed by atoms with Crippen LogP contribution in [-0.2, 0) is 10.5 Å². The van der Waals surface area contributed by atoms with Gasteiger partial charge < -0.3 is 11.1 Å². The van der Waals surface area contributed by atoms with Crippen LogP contribution in [0.4, 0.5) is 5.69 Å². The summed E-state index contributed by atoms with van der Waals surface area (Å²) in [5, 5.41) is 8.90. The molecule has 7 heteroatoms. The minimum absolute atomic E-state index is 0.0473. The first kappa shape index (κ1) is 16.1. The summed E-state index contributed by atoms with van der Waals surface area (Å²) in [6.07, 6.45) is 0. The Bertz CT molecular complexity index is 669. The van der Waals surface area contributed by atoms with Crippen LogP contribution in [0.2, 0.25) is 0 Å². The predicted octanol–water partition coefficient (Wildman–Crippen LogP) is 2.08. The zero-order valence-corrected chi connectivity index (χ0v) is 13.2. The third-order valence-electron chi connectivity index (χ3n) is 3.14. The summed E-state index contributed by atoms with van der Waals surface area (Å²) in [5.74, 6) is -0.125. The average molecular weight is 318 g/mol. The lowest BCUT2D eigenvalue weighted by Gasteiger charge is -2.12. The maximum atomic E-state index is 12.2. The van der Waals surface area contributed by atoms with Crippen molar-refractivity contribution in [2.45, 2.75) is 24.9 Å². The summed E-state index contributed by atoms with van der Waals surface area (Å²) in [4.78, 5) is 23.5. The molecule has 2 amide bonds. The van der Waals surface area contributed by atoms with Crippen LogP contribution < -0.4 is 11.1 Å². The molecule has 116 valence electrons. The maximum Gasteiger partial charge on any atom is 0.271 e. The van der Waals surface area contributed by atoms with Gasteiger partial charge in [-0.3, -0.25) is 14.7 Å². The number of nitrogens with two attached hydrogens (primary N) is 1. The van der Waals surface area contributed by atoms with E-state index in [9.17, 15) is 9.59 Å². The molecule has 0 bridgehead atoms. The van der Waals surface area contributed by atoms with Crippen molar-refractivity contribution in [1.82, 2.24) is 10.2 Å². The first-order valence-corrected chi connectivity index (χ1v) is 7.85. The van der Waals surface area contributed by atoms with E-state index < -0.39 is 5.91 Å².